The maximum absolute atomic E-state index is 12.7. The first-order valence-electron chi connectivity index (χ1n) is 8.45. The molecule has 2 N–H and O–H groups in total. The fraction of sp³-hybridized carbons (Fsp3) is 0.211. The van der Waals surface area contributed by atoms with Gasteiger partial charge in [-0.25, -0.2) is 4.98 Å². The molecule has 3 heterocycles. The number of aromatic nitrogens is 2. The third-order valence-electron chi connectivity index (χ3n) is 4.52. The Bertz CT molecular complexity index is 1150. The molecule has 1 aliphatic heterocycles. The van der Waals surface area contributed by atoms with Crippen molar-refractivity contribution < 1.29 is 0 Å². The molecule has 3 aromatic rings. The first kappa shape index (κ1) is 17.7. The number of pyridine rings is 2. The van der Waals surface area contributed by atoms with Crippen LogP contribution < -0.4 is 16.2 Å². The van der Waals surface area contributed by atoms with Crippen molar-refractivity contribution in [2.45, 2.75) is 11.3 Å². The molecule has 136 valence electrons. The Morgan fingerprint density at radius 3 is 3.07 bits per heavy atom. The molecular formula is C19H16ClN5OS. The van der Waals surface area contributed by atoms with Crippen LogP contribution in [0.4, 0.5) is 17.1 Å². The lowest BCUT2D eigenvalue weighted by Gasteiger charge is -2.16. The number of aryl methyl sites for hydroxylation is 1. The van der Waals surface area contributed by atoms with Gasteiger partial charge in [-0.15, -0.1) is 11.8 Å². The molecule has 2 aromatic heterocycles. The highest BCUT2D eigenvalue weighted by atomic mass is 35.5. The number of nitrogens with zero attached hydrogens (tertiary/aromatic N) is 3. The van der Waals surface area contributed by atoms with E-state index < -0.39 is 0 Å². The quantitative estimate of drug-likeness (QED) is 0.633. The lowest BCUT2D eigenvalue weighted by atomic mass is 10.1. The maximum atomic E-state index is 12.7. The number of nitriles is 1. The zero-order valence-corrected chi connectivity index (χ0v) is 16.1. The smallest absolute Gasteiger partial charge is 0.266 e. The fourth-order valence-electron chi connectivity index (χ4n) is 3.17. The predicted molar refractivity (Wildman–Crippen MR) is 110 cm³/mol. The minimum Gasteiger partial charge on any atom is -0.383 e. The number of anilines is 3. The molecule has 8 heteroatoms. The second-order valence-electron chi connectivity index (χ2n) is 6.19. The molecule has 0 amide bonds. The Balaban J connectivity index is 1.87. The molecule has 6 nitrogen and oxygen atoms in total. The van der Waals surface area contributed by atoms with Crippen LogP contribution in [0.15, 0.2) is 40.2 Å². The lowest BCUT2D eigenvalue weighted by molar-refractivity contribution is 0.877. The van der Waals surface area contributed by atoms with Crippen molar-refractivity contribution in [3.63, 3.8) is 0 Å². The van der Waals surface area contributed by atoms with Crippen LogP contribution in [0.25, 0.3) is 10.9 Å². The third-order valence-corrected chi connectivity index (χ3v) is 5.96. The highest BCUT2D eigenvalue weighted by Crippen LogP contribution is 2.35. The molecule has 0 radical (unpaired) electrons. The molecule has 0 atom stereocenters. The molecule has 0 unspecified atom stereocenters. The summed E-state index contributed by atoms with van der Waals surface area (Å²) < 4.78 is 1.68. The second-order valence-corrected chi connectivity index (χ2v) is 7.65. The number of hydrogen-bond donors (Lipinski definition) is 2. The number of thioether (sulfide) groups is 1. The minimum atomic E-state index is 0.0188. The van der Waals surface area contributed by atoms with Gasteiger partial charge in [-0.3, -0.25) is 4.79 Å². The molecule has 0 aliphatic carbocycles. The number of rotatable bonds is 2. The van der Waals surface area contributed by atoms with Crippen LogP contribution in [0.1, 0.15) is 12.0 Å². The van der Waals surface area contributed by atoms with Gasteiger partial charge < -0.3 is 15.2 Å². The summed E-state index contributed by atoms with van der Waals surface area (Å²) >= 11 is 7.62. The summed E-state index contributed by atoms with van der Waals surface area (Å²) in [6, 6.07) is 9.57. The largest absolute Gasteiger partial charge is 0.383 e. The number of nitrogens with one attached hydrogen (secondary N) is 2. The summed E-state index contributed by atoms with van der Waals surface area (Å²) in [4.78, 5) is 17.4. The second kappa shape index (κ2) is 7.14. The van der Waals surface area contributed by atoms with E-state index in [-0.39, 0.29) is 10.7 Å². The molecule has 0 bridgehead atoms. The summed E-state index contributed by atoms with van der Waals surface area (Å²) in [6.45, 7) is 0.832. The van der Waals surface area contributed by atoms with Gasteiger partial charge in [-0.05, 0) is 36.4 Å². The number of halogens is 1. The third kappa shape index (κ3) is 3.11. The summed E-state index contributed by atoms with van der Waals surface area (Å²) in [7, 11) is 1.79. The van der Waals surface area contributed by atoms with Crippen molar-refractivity contribution in [3.8, 4) is 6.07 Å². The van der Waals surface area contributed by atoms with Gasteiger partial charge in [-0.2, -0.15) is 5.26 Å². The van der Waals surface area contributed by atoms with Crippen LogP contribution >= 0.6 is 23.4 Å². The van der Waals surface area contributed by atoms with E-state index in [2.05, 4.69) is 21.7 Å². The van der Waals surface area contributed by atoms with Gasteiger partial charge in [0.2, 0.25) is 0 Å². The zero-order chi connectivity index (χ0) is 19.0. The molecule has 1 aliphatic rings. The van der Waals surface area contributed by atoms with E-state index >= 15 is 0 Å². The molecule has 4 rings (SSSR count). The van der Waals surface area contributed by atoms with Crippen molar-refractivity contribution in [2.75, 3.05) is 22.9 Å². The van der Waals surface area contributed by atoms with Crippen LogP contribution in [0.5, 0.6) is 0 Å². The zero-order valence-electron chi connectivity index (χ0n) is 14.5. The van der Waals surface area contributed by atoms with E-state index in [1.54, 1.807) is 35.6 Å². The monoisotopic (exact) mass is 397 g/mol. The maximum Gasteiger partial charge on any atom is 0.266 e. The molecule has 0 saturated carbocycles. The van der Waals surface area contributed by atoms with Crippen molar-refractivity contribution in [2.24, 2.45) is 7.05 Å². The van der Waals surface area contributed by atoms with E-state index in [0.29, 0.717) is 11.3 Å². The molecule has 0 spiro atoms. The molecule has 0 saturated heterocycles. The Morgan fingerprint density at radius 1 is 1.41 bits per heavy atom. The van der Waals surface area contributed by atoms with Gasteiger partial charge in [0, 0.05) is 30.9 Å². The SMILES string of the molecule is Cn1c(=O)c2c(c3cc(Nc4ccnc(Cl)c4C#N)ccc31)NCCCS2. The molecular weight excluding hydrogens is 382 g/mol. The van der Waals surface area contributed by atoms with E-state index in [9.17, 15) is 10.1 Å². The Hall–Kier alpha value is -2.69. The highest BCUT2D eigenvalue weighted by molar-refractivity contribution is 7.99. The van der Waals surface area contributed by atoms with Gasteiger partial charge in [0.05, 0.1) is 21.8 Å². The van der Waals surface area contributed by atoms with Crippen LogP contribution in [-0.2, 0) is 7.05 Å². The molecule has 1 aromatic carbocycles. The topological polar surface area (TPSA) is 82.7 Å². The van der Waals surface area contributed by atoms with Crippen LogP contribution in [0, 0.1) is 11.3 Å². The van der Waals surface area contributed by atoms with E-state index in [1.807, 2.05) is 18.2 Å². The first-order chi connectivity index (χ1) is 13.1. The normalized spacial score (nSPS) is 13.4. The van der Waals surface area contributed by atoms with Crippen LogP contribution in [0.2, 0.25) is 5.15 Å². The van der Waals surface area contributed by atoms with E-state index in [1.165, 1.54) is 0 Å². The average molecular weight is 398 g/mol. The summed E-state index contributed by atoms with van der Waals surface area (Å²) in [5.74, 6) is 0.916. The average Bonchev–Trinajstić information content (AvgIpc) is 2.93. The van der Waals surface area contributed by atoms with Gasteiger partial charge >= 0.3 is 0 Å². The van der Waals surface area contributed by atoms with Crippen LogP contribution in [0.3, 0.4) is 0 Å². The predicted octanol–water partition coefficient (Wildman–Crippen LogP) is 4.11. The number of fused-ring (bicyclic) bond motifs is 3. The van der Waals surface area contributed by atoms with E-state index in [0.717, 1.165) is 45.9 Å². The van der Waals surface area contributed by atoms with Gasteiger partial charge in [0.1, 0.15) is 16.8 Å². The van der Waals surface area contributed by atoms with Crippen molar-refractivity contribution in [1.82, 2.24) is 9.55 Å². The highest BCUT2D eigenvalue weighted by Gasteiger charge is 2.18. The molecule has 27 heavy (non-hydrogen) atoms. The first-order valence-corrected chi connectivity index (χ1v) is 9.81. The summed E-state index contributed by atoms with van der Waals surface area (Å²) in [6.07, 6.45) is 2.56. The lowest BCUT2D eigenvalue weighted by Crippen LogP contribution is -2.20. The summed E-state index contributed by atoms with van der Waals surface area (Å²) in [5.41, 5.74) is 3.45. The fourth-order valence-corrected chi connectivity index (χ4v) is 4.45. The number of hydrogen-bond acceptors (Lipinski definition) is 6. The van der Waals surface area contributed by atoms with Crippen molar-refractivity contribution in [1.29, 1.82) is 5.26 Å². The Labute approximate surface area is 165 Å². The van der Waals surface area contributed by atoms with Gasteiger partial charge in [-0.1, -0.05) is 11.6 Å². The standard InChI is InChI=1S/C19H16ClN5OS/c1-25-15-4-3-11(24-14-5-7-23-18(20)13(14)10-21)9-12(15)16-17(19(25)26)27-8-2-6-22-16/h3-5,7,9,22H,2,6,8H2,1H3,(H,23,24). The van der Waals surface area contributed by atoms with Crippen molar-refractivity contribution >= 4 is 51.3 Å². The Kier molecular flexibility index (Phi) is 4.68. The Morgan fingerprint density at radius 2 is 2.26 bits per heavy atom. The van der Waals surface area contributed by atoms with E-state index in [4.69, 9.17) is 11.6 Å². The minimum absolute atomic E-state index is 0.0188. The van der Waals surface area contributed by atoms with Gasteiger partial charge in [0.15, 0.2) is 0 Å². The van der Waals surface area contributed by atoms with Gasteiger partial charge in [0.25, 0.3) is 5.56 Å². The van der Waals surface area contributed by atoms with Crippen molar-refractivity contribution in [3.05, 3.63) is 51.5 Å². The number of benzene rings is 1. The summed E-state index contributed by atoms with van der Waals surface area (Å²) in [5, 5.41) is 17.1. The molecule has 0 fully saturated rings. The van der Waals surface area contributed by atoms with Crippen LogP contribution in [-0.4, -0.2) is 21.8 Å².